The summed E-state index contributed by atoms with van der Waals surface area (Å²) in [5, 5.41) is 6.30. The number of H-pyrrole nitrogens is 1. The zero-order valence-electron chi connectivity index (χ0n) is 12.7. The first-order valence-electron chi connectivity index (χ1n) is 7.66. The van der Waals surface area contributed by atoms with Gasteiger partial charge in [-0.05, 0) is 25.0 Å². The third kappa shape index (κ3) is 2.51. The van der Waals surface area contributed by atoms with Gasteiger partial charge in [0.05, 0.1) is 15.7 Å². The third-order valence-corrected chi connectivity index (χ3v) is 4.90. The fourth-order valence-electron chi connectivity index (χ4n) is 2.80. The van der Waals surface area contributed by atoms with E-state index in [0.29, 0.717) is 44.0 Å². The highest BCUT2D eigenvalue weighted by atomic mass is 35.5. The number of aryl methyl sites for hydroxylation is 1. The first-order chi connectivity index (χ1) is 11.5. The average Bonchev–Trinajstić information content (AvgIpc) is 3.29. The van der Waals surface area contributed by atoms with Crippen molar-refractivity contribution in [2.75, 3.05) is 0 Å². The maximum absolute atomic E-state index is 12.5. The monoisotopic (exact) mass is 382 g/mol. The zero-order valence-corrected chi connectivity index (χ0v) is 15.0. The Kier molecular flexibility index (Phi) is 3.82. The lowest BCUT2D eigenvalue weighted by atomic mass is 10.2. The molecule has 0 bridgehead atoms. The van der Waals surface area contributed by atoms with Crippen molar-refractivity contribution in [3.63, 3.8) is 0 Å². The van der Waals surface area contributed by atoms with Gasteiger partial charge in [-0.15, -0.1) is 0 Å². The van der Waals surface area contributed by atoms with E-state index in [1.165, 1.54) is 0 Å². The predicted molar refractivity (Wildman–Crippen MR) is 95.9 cm³/mol. The second-order valence-electron chi connectivity index (χ2n) is 5.85. The minimum atomic E-state index is -0.175. The van der Waals surface area contributed by atoms with Crippen LogP contribution in [-0.4, -0.2) is 19.7 Å². The molecule has 4 rings (SSSR count). The van der Waals surface area contributed by atoms with Crippen molar-refractivity contribution in [3.05, 3.63) is 49.1 Å². The Hall–Kier alpha value is -1.56. The standard InChI is InChI=1S/C16H13Cl3N4O/c1-2-11-20-15-12(16(24)21-11)13(7-3-4-7)22-23(15)14-9(18)5-8(17)6-10(14)19/h5-7H,2-4H2,1H3,(H,20,21,24). The van der Waals surface area contributed by atoms with Crippen molar-refractivity contribution >= 4 is 45.8 Å². The molecule has 3 aromatic rings. The molecule has 124 valence electrons. The number of nitrogens with one attached hydrogen (secondary N) is 1. The number of rotatable bonds is 3. The van der Waals surface area contributed by atoms with Gasteiger partial charge in [0.15, 0.2) is 5.65 Å². The summed E-state index contributed by atoms with van der Waals surface area (Å²) in [5.74, 6) is 0.881. The summed E-state index contributed by atoms with van der Waals surface area (Å²) in [6.45, 7) is 1.93. The smallest absolute Gasteiger partial charge is 0.262 e. The number of benzene rings is 1. The molecule has 1 aliphatic carbocycles. The highest BCUT2D eigenvalue weighted by Gasteiger charge is 2.32. The van der Waals surface area contributed by atoms with E-state index in [1.807, 2.05) is 6.92 Å². The van der Waals surface area contributed by atoms with Crippen LogP contribution in [0.5, 0.6) is 0 Å². The number of nitrogens with zero attached hydrogens (tertiary/aromatic N) is 3. The van der Waals surface area contributed by atoms with Crippen molar-refractivity contribution in [2.24, 2.45) is 0 Å². The molecule has 1 aliphatic rings. The van der Waals surface area contributed by atoms with Gasteiger partial charge >= 0.3 is 0 Å². The molecule has 1 N–H and O–H groups in total. The normalized spacial score (nSPS) is 14.5. The Balaban J connectivity index is 2.09. The summed E-state index contributed by atoms with van der Waals surface area (Å²) < 4.78 is 1.57. The zero-order chi connectivity index (χ0) is 17.0. The van der Waals surface area contributed by atoms with Gasteiger partial charge < -0.3 is 4.98 Å². The summed E-state index contributed by atoms with van der Waals surface area (Å²) in [4.78, 5) is 19.9. The molecule has 24 heavy (non-hydrogen) atoms. The fraction of sp³-hybridized carbons (Fsp3) is 0.312. The second-order valence-corrected chi connectivity index (χ2v) is 7.10. The molecule has 8 heteroatoms. The number of hydrogen-bond acceptors (Lipinski definition) is 3. The van der Waals surface area contributed by atoms with Crippen LogP contribution in [0.1, 0.15) is 37.2 Å². The van der Waals surface area contributed by atoms with Gasteiger partial charge in [0.2, 0.25) is 0 Å². The topological polar surface area (TPSA) is 63.6 Å². The number of hydrogen-bond donors (Lipinski definition) is 1. The predicted octanol–water partition coefficient (Wildman–Crippen LogP) is 4.51. The van der Waals surface area contributed by atoms with Crippen molar-refractivity contribution in [1.29, 1.82) is 0 Å². The highest BCUT2D eigenvalue weighted by molar-refractivity contribution is 6.40. The summed E-state index contributed by atoms with van der Waals surface area (Å²) in [7, 11) is 0. The molecule has 1 saturated carbocycles. The molecule has 0 spiro atoms. The molecule has 0 saturated heterocycles. The van der Waals surface area contributed by atoms with Crippen LogP contribution in [0.25, 0.3) is 16.7 Å². The number of aromatic amines is 1. The van der Waals surface area contributed by atoms with E-state index in [1.54, 1.807) is 16.8 Å². The van der Waals surface area contributed by atoms with Crippen molar-refractivity contribution in [1.82, 2.24) is 19.7 Å². The van der Waals surface area contributed by atoms with E-state index in [2.05, 4.69) is 15.1 Å². The van der Waals surface area contributed by atoms with Crippen LogP contribution in [0.15, 0.2) is 16.9 Å². The van der Waals surface area contributed by atoms with E-state index < -0.39 is 0 Å². The molecule has 0 radical (unpaired) electrons. The SMILES string of the molecule is CCc1nc2c(c(C3CC3)nn2-c2c(Cl)cc(Cl)cc2Cl)c(=O)[nH]1. The molecular formula is C16H13Cl3N4O. The molecule has 1 fully saturated rings. The fourth-order valence-corrected chi connectivity index (χ4v) is 3.78. The molecule has 1 aromatic carbocycles. The summed E-state index contributed by atoms with van der Waals surface area (Å²) in [5.41, 5.74) is 1.54. The van der Waals surface area contributed by atoms with E-state index in [4.69, 9.17) is 34.8 Å². The summed E-state index contributed by atoms with van der Waals surface area (Å²) in [6.07, 6.45) is 2.64. The molecule has 0 amide bonds. The van der Waals surface area contributed by atoms with Crippen molar-refractivity contribution < 1.29 is 0 Å². The van der Waals surface area contributed by atoms with Crippen LogP contribution < -0.4 is 5.56 Å². The molecule has 2 aromatic heterocycles. The highest BCUT2D eigenvalue weighted by Crippen LogP contribution is 2.42. The Morgan fingerprint density at radius 2 is 1.92 bits per heavy atom. The molecule has 0 atom stereocenters. The third-order valence-electron chi connectivity index (χ3n) is 4.11. The van der Waals surface area contributed by atoms with Gasteiger partial charge in [-0.2, -0.15) is 5.10 Å². The maximum atomic E-state index is 12.5. The largest absolute Gasteiger partial charge is 0.310 e. The van der Waals surface area contributed by atoms with E-state index in [9.17, 15) is 4.79 Å². The molecule has 0 aliphatic heterocycles. The lowest BCUT2D eigenvalue weighted by Gasteiger charge is -2.09. The van der Waals surface area contributed by atoms with Crippen LogP contribution in [0, 0.1) is 0 Å². The van der Waals surface area contributed by atoms with Gasteiger partial charge in [0.25, 0.3) is 5.56 Å². The lowest BCUT2D eigenvalue weighted by molar-refractivity contribution is 0.843. The van der Waals surface area contributed by atoms with Crippen LogP contribution in [0.2, 0.25) is 15.1 Å². The van der Waals surface area contributed by atoms with Gasteiger partial charge in [0.1, 0.15) is 16.9 Å². The molecule has 2 heterocycles. The molecule has 0 unspecified atom stereocenters. The van der Waals surface area contributed by atoms with Crippen LogP contribution in [0.3, 0.4) is 0 Å². The quantitative estimate of drug-likeness (QED) is 0.724. The number of fused-ring (bicyclic) bond motifs is 1. The maximum Gasteiger partial charge on any atom is 0.262 e. The summed E-state index contributed by atoms with van der Waals surface area (Å²) >= 11 is 18.7. The minimum Gasteiger partial charge on any atom is -0.310 e. The number of aromatic nitrogens is 4. The Morgan fingerprint density at radius 3 is 2.50 bits per heavy atom. The van der Waals surface area contributed by atoms with Crippen molar-refractivity contribution in [2.45, 2.75) is 32.1 Å². The van der Waals surface area contributed by atoms with Crippen LogP contribution in [0.4, 0.5) is 0 Å². The van der Waals surface area contributed by atoms with Gasteiger partial charge in [-0.1, -0.05) is 41.7 Å². The minimum absolute atomic E-state index is 0.175. The first kappa shape index (κ1) is 15.9. The van der Waals surface area contributed by atoms with Gasteiger partial charge in [0, 0.05) is 17.4 Å². The Labute approximate surface area is 152 Å². The van der Waals surface area contributed by atoms with E-state index >= 15 is 0 Å². The average molecular weight is 384 g/mol. The Bertz CT molecular complexity index is 997. The summed E-state index contributed by atoms with van der Waals surface area (Å²) in [6, 6.07) is 3.20. The van der Waals surface area contributed by atoms with Gasteiger partial charge in [-0.3, -0.25) is 4.79 Å². The van der Waals surface area contributed by atoms with E-state index in [0.717, 1.165) is 18.5 Å². The first-order valence-corrected chi connectivity index (χ1v) is 8.79. The van der Waals surface area contributed by atoms with Crippen LogP contribution >= 0.6 is 34.8 Å². The van der Waals surface area contributed by atoms with Crippen molar-refractivity contribution in [3.8, 4) is 5.69 Å². The lowest BCUT2D eigenvalue weighted by Crippen LogP contribution is -2.12. The number of halogens is 3. The van der Waals surface area contributed by atoms with Crippen LogP contribution in [-0.2, 0) is 6.42 Å². The molecule has 5 nitrogen and oxygen atoms in total. The van der Waals surface area contributed by atoms with E-state index in [-0.39, 0.29) is 11.5 Å². The van der Waals surface area contributed by atoms with Gasteiger partial charge in [-0.25, -0.2) is 9.67 Å². The molecular weight excluding hydrogens is 371 g/mol. The second kappa shape index (κ2) is 5.76. The Morgan fingerprint density at radius 1 is 1.25 bits per heavy atom.